The Balaban J connectivity index is 2.41. The minimum absolute atomic E-state index is 0.167. The molecule has 4 heteroatoms. The first kappa shape index (κ1) is 11.2. The predicted molar refractivity (Wildman–Crippen MR) is 68.5 cm³/mol. The van der Waals surface area contributed by atoms with E-state index in [1.54, 1.807) is 11.9 Å². The number of rotatable bonds is 1. The largest absolute Gasteiger partial charge is 0.315 e. The van der Waals surface area contributed by atoms with Gasteiger partial charge in [-0.15, -0.1) is 11.8 Å². The molecule has 1 amide bonds. The van der Waals surface area contributed by atoms with E-state index in [0.29, 0.717) is 11.5 Å². The van der Waals surface area contributed by atoms with Crippen LogP contribution in [0.1, 0.15) is 17.5 Å². The normalized spacial score (nSPS) is 14.9. The van der Waals surface area contributed by atoms with Crippen molar-refractivity contribution in [3.63, 3.8) is 0 Å². The van der Waals surface area contributed by atoms with Crippen LogP contribution in [0.3, 0.4) is 0 Å². The minimum Gasteiger partial charge on any atom is -0.315 e. The van der Waals surface area contributed by atoms with Crippen LogP contribution >= 0.6 is 11.8 Å². The third-order valence-electron chi connectivity index (χ3n) is 2.89. The molecule has 0 bridgehead atoms. The van der Waals surface area contributed by atoms with E-state index in [0.717, 1.165) is 17.7 Å². The Labute approximate surface area is 99.3 Å². The van der Waals surface area contributed by atoms with E-state index in [4.69, 9.17) is 5.41 Å². The highest BCUT2D eigenvalue weighted by Crippen LogP contribution is 2.28. The van der Waals surface area contributed by atoms with Gasteiger partial charge in [0, 0.05) is 24.7 Å². The van der Waals surface area contributed by atoms with Crippen molar-refractivity contribution in [3.05, 3.63) is 29.3 Å². The molecule has 1 aromatic carbocycles. The van der Waals surface area contributed by atoms with Gasteiger partial charge in [0.1, 0.15) is 0 Å². The maximum atomic E-state index is 11.5. The van der Waals surface area contributed by atoms with Crippen molar-refractivity contribution in [1.29, 1.82) is 5.41 Å². The van der Waals surface area contributed by atoms with E-state index in [2.05, 4.69) is 0 Å². The Morgan fingerprint density at radius 2 is 2.19 bits per heavy atom. The lowest BCUT2D eigenvalue weighted by Crippen LogP contribution is -2.31. The SMILES string of the molecule is CSC(=N)c1ccc2c(c1)CCC(=O)N2C. The summed E-state index contributed by atoms with van der Waals surface area (Å²) in [7, 11) is 1.81. The van der Waals surface area contributed by atoms with E-state index in [1.807, 2.05) is 24.5 Å². The Morgan fingerprint density at radius 3 is 2.88 bits per heavy atom. The van der Waals surface area contributed by atoms with Crippen LogP contribution < -0.4 is 4.90 Å². The topological polar surface area (TPSA) is 44.2 Å². The number of nitrogens with one attached hydrogen (secondary N) is 1. The Kier molecular flexibility index (Phi) is 3.01. The number of thioether (sulfide) groups is 1. The molecule has 0 aliphatic carbocycles. The summed E-state index contributed by atoms with van der Waals surface area (Å²) in [6.45, 7) is 0. The van der Waals surface area contributed by atoms with Crippen LogP contribution in [0, 0.1) is 5.41 Å². The molecule has 1 heterocycles. The van der Waals surface area contributed by atoms with Crippen LogP contribution in [-0.2, 0) is 11.2 Å². The number of carbonyl (C=O) groups is 1. The zero-order valence-corrected chi connectivity index (χ0v) is 10.2. The van der Waals surface area contributed by atoms with Crippen molar-refractivity contribution in [2.45, 2.75) is 12.8 Å². The number of fused-ring (bicyclic) bond motifs is 1. The van der Waals surface area contributed by atoms with Gasteiger partial charge in [-0.2, -0.15) is 0 Å². The molecule has 1 aliphatic rings. The van der Waals surface area contributed by atoms with Gasteiger partial charge in [-0.05, 0) is 30.4 Å². The van der Waals surface area contributed by atoms with Gasteiger partial charge in [-0.3, -0.25) is 10.2 Å². The molecule has 3 nitrogen and oxygen atoms in total. The molecule has 16 heavy (non-hydrogen) atoms. The van der Waals surface area contributed by atoms with Gasteiger partial charge in [0.25, 0.3) is 0 Å². The van der Waals surface area contributed by atoms with Gasteiger partial charge >= 0.3 is 0 Å². The van der Waals surface area contributed by atoms with Crippen LogP contribution in [0.2, 0.25) is 0 Å². The van der Waals surface area contributed by atoms with E-state index in [-0.39, 0.29) is 5.91 Å². The number of hydrogen-bond donors (Lipinski definition) is 1. The van der Waals surface area contributed by atoms with Crippen molar-refractivity contribution in [2.24, 2.45) is 0 Å². The van der Waals surface area contributed by atoms with Crippen molar-refractivity contribution < 1.29 is 4.79 Å². The quantitative estimate of drug-likeness (QED) is 0.598. The van der Waals surface area contributed by atoms with Crippen LogP contribution in [0.15, 0.2) is 18.2 Å². The van der Waals surface area contributed by atoms with E-state index >= 15 is 0 Å². The van der Waals surface area contributed by atoms with Crippen LogP contribution in [0.4, 0.5) is 5.69 Å². The standard InChI is InChI=1S/C12H14N2OS/c1-14-10-5-3-9(12(13)16-2)7-8(10)4-6-11(14)15/h3,5,7,13H,4,6H2,1-2H3. The molecule has 0 radical (unpaired) electrons. The van der Waals surface area contributed by atoms with E-state index in [9.17, 15) is 4.79 Å². The highest BCUT2D eigenvalue weighted by molar-refractivity contribution is 8.13. The number of nitrogens with zero attached hydrogens (tertiary/aromatic N) is 1. The third-order valence-corrected chi connectivity index (χ3v) is 3.53. The molecule has 1 aromatic rings. The molecule has 1 N–H and O–H groups in total. The van der Waals surface area contributed by atoms with Gasteiger partial charge < -0.3 is 4.90 Å². The Hall–Kier alpha value is -1.29. The van der Waals surface area contributed by atoms with Crippen molar-refractivity contribution >= 4 is 28.4 Å². The average Bonchev–Trinajstić information content (AvgIpc) is 2.32. The lowest BCUT2D eigenvalue weighted by Gasteiger charge is -2.26. The first-order valence-electron chi connectivity index (χ1n) is 5.16. The van der Waals surface area contributed by atoms with E-state index < -0.39 is 0 Å². The summed E-state index contributed by atoms with van der Waals surface area (Å²) in [5.41, 5.74) is 3.08. The molecule has 84 valence electrons. The highest BCUT2D eigenvalue weighted by atomic mass is 32.2. The lowest BCUT2D eigenvalue weighted by atomic mass is 9.99. The third kappa shape index (κ3) is 1.85. The maximum absolute atomic E-state index is 11.5. The van der Waals surface area contributed by atoms with Crippen LogP contribution in [0.25, 0.3) is 0 Å². The van der Waals surface area contributed by atoms with Gasteiger partial charge in [-0.25, -0.2) is 0 Å². The predicted octanol–water partition coefficient (Wildman–Crippen LogP) is 2.28. The molecule has 0 saturated carbocycles. The fourth-order valence-corrected chi connectivity index (χ4v) is 2.28. The maximum Gasteiger partial charge on any atom is 0.227 e. The second-order valence-corrected chi connectivity index (χ2v) is 4.65. The van der Waals surface area contributed by atoms with Gasteiger partial charge in [-0.1, -0.05) is 6.07 Å². The summed E-state index contributed by atoms with van der Waals surface area (Å²) in [6, 6.07) is 5.87. The summed E-state index contributed by atoms with van der Waals surface area (Å²) in [4.78, 5) is 13.2. The smallest absolute Gasteiger partial charge is 0.227 e. The number of carbonyl (C=O) groups excluding carboxylic acids is 1. The molecule has 0 spiro atoms. The molecular weight excluding hydrogens is 220 g/mol. The fraction of sp³-hybridized carbons (Fsp3) is 0.333. The van der Waals surface area contributed by atoms with Crippen molar-refractivity contribution in [1.82, 2.24) is 0 Å². The number of hydrogen-bond acceptors (Lipinski definition) is 3. The second kappa shape index (κ2) is 4.29. The fourth-order valence-electron chi connectivity index (χ4n) is 1.92. The summed E-state index contributed by atoms with van der Waals surface area (Å²) >= 11 is 1.43. The Bertz CT molecular complexity index is 456. The van der Waals surface area contributed by atoms with Crippen molar-refractivity contribution in [3.8, 4) is 0 Å². The van der Waals surface area contributed by atoms with Gasteiger partial charge in [0.05, 0.1) is 5.04 Å². The molecule has 2 rings (SSSR count). The summed E-state index contributed by atoms with van der Waals surface area (Å²) in [6.07, 6.45) is 3.25. The first-order chi connectivity index (χ1) is 7.63. The molecule has 0 unspecified atom stereocenters. The lowest BCUT2D eigenvalue weighted by molar-refractivity contribution is -0.118. The zero-order valence-electron chi connectivity index (χ0n) is 9.41. The van der Waals surface area contributed by atoms with Crippen molar-refractivity contribution in [2.75, 3.05) is 18.2 Å². The van der Waals surface area contributed by atoms with E-state index in [1.165, 1.54) is 17.3 Å². The summed E-state index contributed by atoms with van der Waals surface area (Å²) in [5, 5.41) is 8.34. The summed E-state index contributed by atoms with van der Waals surface area (Å²) < 4.78 is 0. The van der Waals surface area contributed by atoms with Gasteiger partial charge in [0.2, 0.25) is 5.91 Å². The molecule has 1 aliphatic heterocycles. The number of benzene rings is 1. The molecule has 0 fully saturated rings. The first-order valence-corrected chi connectivity index (χ1v) is 6.38. The molecular formula is C12H14N2OS. The molecule has 0 aromatic heterocycles. The zero-order chi connectivity index (χ0) is 11.7. The highest BCUT2D eigenvalue weighted by Gasteiger charge is 2.20. The number of aryl methyl sites for hydroxylation is 1. The second-order valence-electron chi connectivity index (χ2n) is 3.83. The van der Waals surface area contributed by atoms with Crippen LogP contribution in [0.5, 0.6) is 0 Å². The average molecular weight is 234 g/mol. The monoisotopic (exact) mass is 234 g/mol. The Morgan fingerprint density at radius 1 is 1.44 bits per heavy atom. The van der Waals surface area contributed by atoms with Crippen LogP contribution in [-0.4, -0.2) is 24.3 Å². The molecule has 0 saturated heterocycles. The van der Waals surface area contributed by atoms with Gasteiger partial charge in [0.15, 0.2) is 0 Å². The number of amides is 1. The minimum atomic E-state index is 0.167. The molecule has 0 atom stereocenters. The summed E-state index contributed by atoms with van der Waals surface area (Å²) in [5.74, 6) is 0.167. The number of anilines is 1.